The molecule has 0 radical (unpaired) electrons. The van der Waals surface area contributed by atoms with Gasteiger partial charge in [-0.3, -0.25) is 4.79 Å². The van der Waals surface area contributed by atoms with E-state index < -0.39 is 11.4 Å². The SMILES string of the molecule is CC(C)(C)Oc1cccc(CNC(=O)N2C[C@@H]3CCC[C@@]3(C(=O)O)C2)n1. The summed E-state index contributed by atoms with van der Waals surface area (Å²) >= 11 is 0. The first-order valence-corrected chi connectivity index (χ1v) is 9.11. The summed E-state index contributed by atoms with van der Waals surface area (Å²) in [6.07, 6.45) is 2.46. The maximum Gasteiger partial charge on any atom is 0.317 e. The molecule has 0 unspecified atom stereocenters. The van der Waals surface area contributed by atoms with Crippen LogP contribution in [0.25, 0.3) is 0 Å². The van der Waals surface area contributed by atoms with Crippen molar-refractivity contribution in [1.29, 1.82) is 0 Å². The molecule has 1 aromatic rings. The van der Waals surface area contributed by atoms with Gasteiger partial charge in [-0.25, -0.2) is 9.78 Å². The van der Waals surface area contributed by atoms with Gasteiger partial charge in [0.2, 0.25) is 5.88 Å². The topological polar surface area (TPSA) is 91.8 Å². The second-order valence-electron chi connectivity index (χ2n) is 8.27. The molecule has 142 valence electrons. The molecule has 2 N–H and O–H groups in total. The number of carbonyl (C=O) groups excluding carboxylic acids is 1. The van der Waals surface area contributed by atoms with Crippen molar-refractivity contribution in [3.63, 3.8) is 0 Å². The number of nitrogens with zero attached hydrogens (tertiary/aromatic N) is 2. The van der Waals surface area contributed by atoms with Crippen LogP contribution in [0.1, 0.15) is 45.7 Å². The first kappa shape index (κ1) is 18.5. The third-order valence-corrected chi connectivity index (χ3v) is 5.20. The van der Waals surface area contributed by atoms with Crippen LogP contribution < -0.4 is 10.1 Å². The van der Waals surface area contributed by atoms with Crippen LogP contribution in [0.4, 0.5) is 4.79 Å². The summed E-state index contributed by atoms with van der Waals surface area (Å²) in [5, 5.41) is 12.5. The lowest BCUT2D eigenvalue weighted by Crippen LogP contribution is -2.41. The Morgan fingerprint density at radius 2 is 2.19 bits per heavy atom. The van der Waals surface area contributed by atoms with Gasteiger partial charge in [-0.2, -0.15) is 0 Å². The lowest BCUT2D eigenvalue weighted by molar-refractivity contribution is -0.149. The van der Waals surface area contributed by atoms with Gasteiger partial charge >= 0.3 is 12.0 Å². The number of hydrogen-bond donors (Lipinski definition) is 2. The van der Waals surface area contributed by atoms with Crippen LogP contribution in [-0.2, 0) is 11.3 Å². The third-order valence-electron chi connectivity index (χ3n) is 5.20. The Hall–Kier alpha value is -2.31. The van der Waals surface area contributed by atoms with Crippen molar-refractivity contribution in [2.24, 2.45) is 11.3 Å². The molecule has 0 aromatic carbocycles. The number of aliphatic carboxylic acids is 1. The molecule has 26 heavy (non-hydrogen) atoms. The Balaban J connectivity index is 1.58. The van der Waals surface area contributed by atoms with Crippen molar-refractivity contribution in [3.8, 4) is 5.88 Å². The van der Waals surface area contributed by atoms with Crippen LogP contribution in [0.3, 0.4) is 0 Å². The number of aromatic nitrogens is 1. The van der Waals surface area contributed by atoms with Crippen molar-refractivity contribution in [2.45, 2.75) is 52.2 Å². The quantitative estimate of drug-likeness (QED) is 0.860. The maximum absolute atomic E-state index is 12.5. The Labute approximate surface area is 153 Å². The summed E-state index contributed by atoms with van der Waals surface area (Å²) in [7, 11) is 0. The zero-order valence-corrected chi connectivity index (χ0v) is 15.6. The largest absolute Gasteiger partial charge is 0.481 e. The molecule has 0 bridgehead atoms. The Morgan fingerprint density at radius 3 is 2.85 bits per heavy atom. The molecule has 2 aliphatic rings. The number of likely N-dealkylation sites (tertiary alicyclic amines) is 1. The number of carboxylic acid groups (broad SMARTS) is 1. The zero-order chi connectivity index (χ0) is 18.9. The third kappa shape index (κ3) is 3.76. The van der Waals surface area contributed by atoms with E-state index in [1.807, 2.05) is 32.9 Å². The fourth-order valence-corrected chi connectivity index (χ4v) is 4.00. The highest BCUT2D eigenvalue weighted by atomic mass is 16.5. The number of ether oxygens (including phenoxy) is 1. The summed E-state index contributed by atoms with van der Waals surface area (Å²) in [5.74, 6) is -0.193. The Kier molecular flexibility index (Phi) is 4.82. The van der Waals surface area contributed by atoms with E-state index in [-0.39, 0.29) is 24.1 Å². The first-order valence-electron chi connectivity index (χ1n) is 9.11. The second-order valence-corrected chi connectivity index (χ2v) is 8.27. The zero-order valence-electron chi connectivity index (χ0n) is 15.6. The predicted octanol–water partition coefficient (Wildman–Crippen LogP) is 2.66. The molecule has 1 saturated carbocycles. The number of hydrogen-bond acceptors (Lipinski definition) is 4. The number of rotatable bonds is 4. The Bertz CT molecular complexity index is 700. The lowest BCUT2D eigenvalue weighted by atomic mass is 9.81. The highest BCUT2D eigenvalue weighted by Gasteiger charge is 2.55. The number of carbonyl (C=O) groups is 2. The van der Waals surface area contributed by atoms with Gasteiger partial charge in [-0.05, 0) is 45.6 Å². The molecule has 3 rings (SSSR count). The second kappa shape index (κ2) is 6.78. The van der Waals surface area contributed by atoms with Gasteiger partial charge in [-0.15, -0.1) is 0 Å². The number of nitrogens with one attached hydrogen (secondary N) is 1. The molecule has 7 nitrogen and oxygen atoms in total. The van der Waals surface area contributed by atoms with Gasteiger partial charge in [0.05, 0.1) is 17.7 Å². The molecule has 1 aliphatic carbocycles. The maximum atomic E-state index is 12.5. The normalized spacial score (nSPS) is 25.0. The van der Waals surface area contributed by atoms with Crippen LogP contribution in [0, 0.1) is 11.3 Å². The van der Waals surface area contributed by atoms with Crippen molar-refractivity contribution in [2.75, 3.05) is 13.1 Å². The molecule has 1 saturated heterocycles. The molecule has 2 atom stereocenters. The van der Waals surface area contributed by atoms with E-state index >= 15 is 0 Å². The summed E-state index contributed by atoms with van der Waals surface area (Å²) < 4.78 is 5.74. The molecule has 2 amide bonds. The molecule has 2 heterocycles. The summed E-state index contributed by atoms with van der Waals surface area (Å²) in [6, 6.07) is 5.22. The molecule has 2 fully saturated rings. The van der Waals surface area contributed by atoms with Crippen LogP contribution in [0.15, 0.2) is 18.2 Å². The smallest absolute Gasteiger partial charge is 0.317 e. The van der Waals surface area contributed by atoms with Crippen molar-refractivity contribution in [3.05, 3.63) is 23.9 Å². The van der Waals surface area contributed by atoms with Crippen LogP contribution in [-0.4, -0.2) is 45.7 Å². The van der Waals surface area contributed by atoms with E-state index in [9.17, 15) is 14.7 Å². The van der Waals surface area contributed by atoms with E-state index in [4.69, 9.17) is 4.74 Å². The Morgan fingerprint density at radius 1 is 1.42 bits per heavy atom. The van der Waals surface area contributed by atoms with Crippen LogP contribution in [0.2, 0.25) is 0 Å². The van der Waals surface area contributed by atoms with E-state index in [1.165, 1.54) is 0 Å². The van der Waals surface area contributed by atoms with Gasteiger partial charge in [0, 0.05) is 19.2 Å². The number of urea groups is 1. The van der Waals surface area contributed by atoms with Crippen molar-refractivity contribution < 1.29 is 19.4 Å². The minimum atomic E-state index is -0.774. The molecular formula is C19H27N3O4. The number of carboxylic acids is 1. The fraction of sp³-hybridized carbons (Fsp3) is 0.632. The number of amides is 2. The molecule has 1 aromatic heterocycles. The number of fused-ring (bicyclic) bond motifs is 1. The van der Waals surface area contributed by atoms with E-state index in [2.05, 4.69) is 10.3 Å². The average Bonchev–Trinajstić information content (AvgIpc) is 3.09. The molecule has 1 aliphatic heterocycles. The fourth-order valence-electron chi connectivity index (χ4n) is 4.00. The van der Waals surface area contributed by atoms with Crippen LogP contribution >= 0.6 is 0 Å². The summed E-state index contributed by atoms with van der Waals surface area (Å²) in [6.45, 7) is 6.93. The average molecular weight is 361 g/mol. The highest BCUT2D eigenvalue weighted by molar-refractivity contribution is 5.80. The summed E-state index contributed by atoms with van der Waals surface area (Å²) in [5.41, 5.74) is -0.393. The van der Waals surface area contributed by atoms with Gasteiger partial charge in [0.25, 0.3) is 0 Å². The van der Waals surface area contributed by atoms with Crippen molar-refractivity contribution in [1.82, 2.24) is 15.2 Å². The summed E-state index contributed by atoms with van der Waals surface area (Å²) in [4.78, 5) is 30.3. The van der Waals surface area contributed by atoms with Gasteiger partial charge < -0.3 is 20.1 Å². The van der Waals surface area contributed by atoms with E-state index in [0.29, 0.717) is 31.1 Å². The van der Waals surface area contributed by atoms with E-state index in [1.54, 1.807) is 11.0 Å². The van der Waals surface area contributed by atoms with E-state index in [0.717, 1.165) is 12.8 Å². The molecule has 0 spiro atoms. The minimum absolute atomic E-state index is 0.0624. The van der Waals surface area contributed by atoms with Gasteiger partial charge in [0.15, 0.2) is 0 Å². The lowest BCUT2D eigenvalue weighted by Gasteiger charge is -2.23. The predicted molar refractivity (Wildman–Crippen MR) is 95.8 cm³/mol. The van der Waals surface area contributed by atoms with Gasteiger partial charge in [-0.1, -0.05) is 12.5 Å². The van der Waals surface area contributed by atoms with Gasteiger partial charge in [0.1, 0.15) is 5.60 Å². The number of pyridine rings is 1. The minimum Gasteiger partial charge on any atom is -0.481 e. The molecule has 7 heteroatoms. The monoisotopic (exact) mass is 361 g/mol. The highest BCUT2D eigenvalue weighted by Crippen LogP contribution is 2.48. The molecular weight excluding hydrogens is 334 g/mol. The van der Waals surface area contributed by atoms with Crippen LogP contribution in [0.5, 0.6) is 5.88 Å². The first-order chi connectivity index (χ1) is 12.2. The standard InChI is InChI=1S/C19H27N3O4/c1-18(2,3)26-15-8-4-7-14(21-15)10-20-17(25)22-11-13-6-5-9-19(13,12-22)16(23)24/h4,7-8,13H,5-6,9-12H2,1-3H3,(H,20,25)(H,23,24)/t13-,19+/m0/s1. The van der Waals surface area contributed by atoms with Crippen molar-refractivity contribution >= 4 is 12.0 Å².